The average molecular weight is 166 g/mol. The molecule has 0 aliphatic heterocycles. The second-order valence-electron chi connectivity index (χ2n) is 3.36. The first-order valence-corrected chi connectivity index (χ1v) is 4.42. The van der Waals surface area contributed by atoms with Crippen molar-refractivity contribution in [1.82, 2.24) is 0 Å². The molecule has 0 amide bonds. The van der Waals surface area contributed by atoms with Gasteiger partial charge in [0.25, 0.3) is 0 Å². The molecule has 0 nitrogen and oxygen atoms in total. The van der Waals surface area contributed by atoms with Gasteiger partial charge in [-0.05, 0) is 42.5 Å². The van der Waals surface area contributed by atoms with Gasteiger partial charge in [0, 0.05) is 11.1 Å². The van der Waals surface area contributed by atoms with E-state index in [4.69, 9.17) is 12.8 Å². The highest BCUT2D eigenvalue weighted by Gasteiger charge is 2.25. The van der Waals surface area contributed by atoms with Crippen LogP contribution in [0, 0.1) is 24.7 Å². The SMILES string of the molecule is C#Cc1ccc(C#C)c(C2CC2)c1. The van der Waals surface area contributed by atoms with Crippen LogP contribution in [0.3, 0.4) is 0 Å². The highest BCUT2D eigenvalue weighted by atomic mass is 14.3. The minimum Gasteiger partial charge on any atom is -0.115 e. The van der Waals surface area contributed by atoms with E-state index in [9.17, 15) is 0 Å². The molecular formula is C13H10. The summed E-state index contributed by atoms with van der Waals surface area (Å²) in [6, 6.07) is 5.90. The first-order chi connectivity index (χ1) is 6.35. The lowest BCUT2D eigenvalue weighted by Gasteiger charge is -2.02. The van der Waals surface area contributed by atoms with Gasteiger partial charge in [-0.1, -0.05) is 11.8 Å². The van der Waals surface area contributed by atoms with Crippen molar-refractivity contribution in [3.63, 3.8) is 0 Å². The van der Waals surface area contributed by atoms with Crippen LogP contribution in [0.15, 0.2) is 18.2 Å². The summed E-state index contributed by atoms with van der Waals surface area (Å²) in [5, 5.41) is 0. The fourth-order valence-corrected chi connectivity index (χ4v) is 1.52. The quantitative estimate of drug-likeness (QED) is 0.562. The maximum Gasteiger partial charge on any atom is 0.0278 e. The molecule has 1 aromatic rings. The van der Waals surface area contributed by atoms with Crippen LogP contribution in [0.5, 0.6) is 0 Å². The van der Waals surface area contributed by atoms with E-state index in [-0.39, 0.29) is 0 Å². The summed E-state index contributed by atoms with van der Waals surface area (Å²) in [6.07, 6.45) is 13.2. The summed E-state index contributed by atoms with van der Waals surface area (Å²) >= 11 is 0. The minimum atomic E-state index is 0.666. The van der Waals surface area contributed by atoms with Gasteiger partial charge in [0.05, 0.1) is 0 Å². The van der Waals surface area contributed by atoms with Crippen LogP contribution in [0.2, 0.25) is 0 Å². The molecule has 0 heteroatoms. The van der Waals surface area contributed by atoms with E-state index in [0.29, 0.717) is 5.92 Å². The molecule has 0 bridgehead atoms. The molecule has 0 radical (unpaired) electrons. The van der Waals surface area contributed by atoms with Gasteiger partial charge < -0.3 is 0 Å². The summed E-state index contributed by atoms with van der Waals surface area (Å²) in [7, 11) is 0. The van der Waals surface area contributed by atoms with Crippen molar-refractivity contribution in [3.05, 3.63) is 34.9 Å². The molecule has 0 N–H and O–H groups in total. The Labute approximate surface area is 79.0 Å². The lowest BCUT2D eigenvalue weighted by molar-refractivity contribution is 1.12. The largest absolute Gasteiger partial charge is 0.115 e. The van der Waals surface area contributed by atoms with Crippen molar-refractivity contribution in [1.29, 1.82) is 0 Å². The van der Waals surface area contributed by atoms with Crippen LogP contribution in [0.1, 0.15) is 35.4 Å². The Morgan fingerprint density at radius 2 is 1.92 bits per heavy atom. The third-order valence-electron chi connectivity index (χ3n) is 2.39. The van der Waals surface area contributed by atoms with Crippen molar-refractivity contribution in [2.24, 2.45) is 0 Å². The van der Waals surface area contributed by atoms with Gasteiger partial charge in [-0.15, -0.1) is 12.8 Å². The van der Waals surface area contributed by atoms with Crippen LogP contribution in [-0.4, -0.2) is 0 Å². The van der Waals surface area contributed by atoms with Crippen LogP contribution in [-0.2, 0) is 0 Å². The first-order valence-electron chi connectivity index (χ1n) is 4.42. The summed E-state index contributed by atoms with van der Waals surface area (Å²) in [6.45, 7) is 0. The van der Waals surface area contributed by atoms with E-state index in [1.807, 2.05) is 18.2 Å². The third-order valence-corrected chi connectivity index (χ3v) is 2.39. The highest BCUT2D eigenvalue weighted by molar-refractivity contribution is 5.49. The van der Waals surface area contributed by atoms with E-state index in [1.54, 1.807) is 0 Å². The second-order valence-corrected chi connectivity index (χ2v) is 3.36. The molecule has 1 aliphatic carbocycles. The van der Waals surface area contributed by atoms with E-state index in [0.717, 1.165) is 11.1 Å². The van der Waals surface area contributed by atoms with Gasteiger partial charge in [0.15, 0.2) is 0 Å². The monoisotopic (exact) mass is 166 g/mol. The zero-order chi connectivity index (χ0) is 9.26. The van der Waals surface area contributed by atoms with Gasteiger partial charge >= 0.3 is 0 Å². The number of terminal acetylenes is 2. The molecule has 0 atom stereocenters. The van der Waals surface area contributed by atoms with Gasteiger partial charge in [0.2, 0.25) is 0 Å². The standard InChI is InChI=1S/C13H10/c1-3-10-5-6-11(4-2)13(9-10)12-7-8-12/h1-2,5-6,9,12H,7-8H2. The highest BCUT2D eigenvalue weighted by Crippen LogP contribution is 2.41. The Bertz CT molecular complexity index is 409. The Morgan fingerprint density at radius 1 is 1.15 bits per heavy atom. The zero-order valence-corrected chi connectivity index (χ0v) is 7.38. The molecule has 1 aliphatic rings. The molecule has 1 aromatic carbocycles. The lowest BCUT2D eigenvalue weighted by atomic mass is 10.0. The topological polar surface area (TPSA) is 0 Å². The summed E-state index contributed by atoms with van der Waals surface area (Å²) < 4.78 is 0. The normalized spacial score (nSPS) is 14.6. The number of benzene rings is 1. The molecule has 1 fully saturated rings. The Kier molecular flexibility index (Phi) is 1.84. The molecule has 13 heavy (non-hydrogen) atoms. The van der Waals surface area contributed by atoms with Gasteiger partial charge in [-0.25, -0.2) is 0 Å². The molecule has 0 heterocycles. The minimum absolute atomic E-state index is 0.666. The van der Waals surface area contributed by atoms with Crippen LogP contribution in [0.4, 0.5) is 0 Å². The van der Waals surface area contributed by atoms with Gasteiger partial charge in [-0.3, -0.25) is 0 Å². The first kappa shape index (κ1) is 7.96. The van der Waals surface area contributed by atoms with Crippen LogP contribution in [0.25, 0.3) is 0 Å². The van der Waals surface area contributed by atoms with Crippen molar-refractivity contribution >= 4 is 0 Å². The van der Waals surface area contributed by atoms with Crippen LogP contribution < -0.4 is 0 Å². The predicted molar refractivity (Wildman–Crippen MR) is 54.3 cm³/mol. The number of rotatable bonds is 1. The smallest absolute Gasteiger partial charge is 0.0278 e. The van der Waals surface area contributed by atoms with Gasteiger partial charge in [-0.2, -0.15) is 0 Å². The van der Waals surface area contributed by atoms with Crippen molar-refractivity contribution in [3.8, 4) is 24.7 Å². The zero-order valence-electron chi connectivity index (χ0n) is 7.38. The maximum absolute atomic E-state index is 5.41. The number of hydrogen-bond acceptors (Lipinski definition) is 0. The van der Waals surface area contributed by atoms with Gasteiger partial charge in [0.1, 0.15) is 0 Å². The Balaban J connectivity index is 2.50. The molecule has 0 unspecified atom stereocenters. The summed E-state index contributed by atoms with van der Waals surface area (Å²) in [4.78, 5) is 0. The van der Waals surface area contributed by atoms with Crippen molar-refractivity contribution in [2.45, 2.75) is 18.8 Å². The van der Waals surface area contributed by atoms with Crippen molar-refractivity contribution in [2.75, 3.05) is 0 Å². The Morgan fingerprint density at radius 3 is 2.46 bits per heavy atom. The molecule has 2 rings (SSSR count). The molecule has 0 saturated heterocycles. The molecule has 0 spiro atoms. The average Bonchev–Trinajstić information content (AvgIpc) is 3.00. The van der Waals surface area contributed by atoms with Crippen LogP contribution >= 0.6 is 0 Å². The number of hydrogen-bond donors (Lipinski definition) is 0. The maximum atomic E-state index is 5.41. The molecular weight excluding hydrogens is 156 g/mol. The Hall–Kier alpha value is -1.66. The third kappa shape index (κ3) is 1.44. The van der Waals surface area contributed by atoms with E-state index < -0.39 is 0 Å². The second kappa shape index (κ2) is 3.00. The van der Waals surface area contributed by atoms with Crippen molar-refractivity contribution < 1.29 is 0 Å². The van der Waals surface area contributed by atoms with E-state index in [2.05, 4.69) is 11.8 Å². The molecule has 62 valence electrons. The summed E-state index contributed by atoms with van der Waals surface area (Å²) in [5.41, 5.74) is 3.19. The lowest BCUT2D eigenvalue weighted by Crippen LogP contribution is -1.88. The predicted octanol–water partition coefficient (Wildman–Crippen LogP) is 2.53. The van der Waals surface area contributed by atoms with E-state index in [1.165, 1.54) is 18.4 Å². The molecule has 0 aromatic heterocycles. The fourth-order valence-electron chi connectivity index (χ4n) is 1.52. The summed E-state index contributed by atoms with van der Waals surface area (Å²) in [5.74, 6) is 6.00. The fraction of sp³-hybridized carbons (Fsp3) is 0.231. The van der Waals surface area contributed by atoms with E-state index >= 15 is 0 Å². The molecule has 1 saturated carbocycles.